The molecule has 7 heteroatoms. The molecule has 0 bridgehead atoms. The van der Waals surface area contributed by atoms with Gasteiger partial charge in [-0.05, 0) is 42.2 Å². The van der Waals surface area contributed by atoms with Crippen LogP contribution in [0.2, 0.25) is 0 Å². The number of ether oxygens (including phenoxy) is 1. The summed E-state index contributed by atoms with van der Waals surface area (Å²) in [5, 5.41) is 8.23. The third kappa shape index (κ3) is 4.19. The number of aryl methyl sites for hydroxylation is 1. The van der Waals surface area contributed by atoms with E-state index in [0.717, 1.165) is 22.7 Å². The Bertz CT molecular complexity index is 915. The van der Waals surface area contributed by atoms with E-state index in [4.69, 9.17) is 10.5 Å². The van der Waals surface area contributed by atoms with Crippen LogP contribution in [0.5, 0.6) is 5.75 Å². The van der Waals surface area contributed by atoms with Gasteiger partial charge in [0.1, 0.15) is 11.9 Å². The van der Waals surface area contributed by atoms with Gasteiger partial charge in [-0.25, -0.2) is 8.97 Å². The standard InChI is InChI=1S/C18H20N5OS/c1-22-15(12-23-10-4-3-5-17(22)23)13-24-16-8-6-14(7-9-16)11-20-21-18(19)25-2/h3-12H,13H2,1-2H3,(H2,19,21)/q+1/b20-11-. The van der Waals surface area contributed by atoms with Crippen LogP contribution in [0, 0.1) is 0 Å². The zero-order valence-corrected chi connectivity index (χ0v) is 15.0. The smallest absolute Gasteiger partial charge is 0.286 e. The Morgan fingerprint density at radius 3 is 2.80 bits per heavy atom. The minimum absolute atomic E-state index is 0.434. The number of aromatic nitrogens is 2. The lowest BCUT2D eigenvalue weighted by Crippen LogP contribution is -2.17. The van der Waals surface area contributed by atoms with Gasteiger partial charge in [0.2, 0.25) is 0 Å². The SMILES string of the molecule is CSC(N)=N/N=C\c1ccc(OCc2c[n+]3ccccc3n2C)cc1. The molecule has 0 spiro atoms. The lowest BCUT2D eigenvalue weighted by molar-refractivity contribution is -0.511. The predicted octanol–water partition coefficient (Wildman–Crippen LogP) is 2.35. The van der Waals surface area contributed by atoms with Crippen LogP contribution in [-0.2, 0) is 13.7 Å². The van der Waals surface area contributed by atoms with E-state index < -0.39 is 0 Å². The van der Waals surface area contributed by atoms with Gasteiger partial charge in [0.25, 0.3) is 5.65 Å². The van der Waals surface area contributed by atoms with Crippen molar-refractivity contribution in [3.63, 3.8) is 0 Å². The molecule has 1 aromatic carbocycles. The predicted molar refractivity (Wildman–Crippen MR) is 102 cm³/mol. The molecule has 0 aliphatic heterocycles. The largest absolute Gasteiger partial charge is 0.485 e. The van der Waals surface area contributed by atoms with Gasteiger partial charge < -0.3 is 10.5 Å². The molecule has 0 unspecified atom stereocenters. The van der Waals surface area contributed by atoms with Crippen LogP contribution >= 0.6 is 11.8 Å². The average molecular weight is 354 g/mol. The maximum Gasteiger partial charge on any atom is 0.286 e. The number of rotatable bonds is 5. The second-order valence-corrected chi connectivity index (χ2v) is 6.22. The van der Waals surface area contributed by atoms with Crippen LogP contribution in [0.15, 0.2) is 65.1 Å². The minimum Gasteiger partial charge on any atom is -0.485 e. The van der Waals surface area contributed by atoms with Gasteiger partial charge in [0.05, 0.1) is 19.5 Å². The van der Waals surface area contributed by atoms with E-state index in [1.165, 1.54) is 11.8 Å². The van der Waals surface area contributed by atoms with Crippen molar-refractivity contribution in [1.29, 1.82) is 0 Å². The third-order valence-corrected chi connectivity index (χ3v) is 4.27. The Morgan fingerprint density at radius 1 is 1.28 bits per heavy atom. The first-order valence-electron chi connectivity index (χ1n) is 7.75. The monoisotopic (exact) mass is 354 g/mol. The molecule has 25 heavy (non-hydrogen) atoms. The van der Waals surface area contributed by atoms with Crippen LogP contribution in [0.4, 0.5) is 0 Å². The van der Waals surface area contributed by atoms with E-state index >= 15 is 0 Å². The van der Waals surface area contributed by atoms with E-state index in [0.29, 0.717) is 11.8 Å². The zero-order chi connectivity index (χ0) is 17.6. The molecule has 3 aromatic rings. The highest BCUT2D eigenvalue weighted by molar-refractivity contribution is 8.13. The summed E-state index contributed by atoms with van der Waals surface area (Å²) in [6, 6.07) is 13.8. The molecule has 0 saturated heterocycles. The first-order chi connectivity index (χ1) is 12.2. The van der Waals surface area contributed by atoms with Crippen molar-refractivity contribution in [3.8, 4) is 5.75 Å². The summed E-state index contributed by atoms with van der Waals surface area (Å²) in [5.41, 5.74) is 8.73. The minimum atomic E-state index is 0.434. The summed E-state index contributed by atoms with van der Waals surface area (Å²) in [7, 11) is 2.04. The van der Waals surface area contributed by atoms with Crippen LogP contribution in [-0.4, -0.2) is 22.2 Å². The van der Waals surface area contributed by atoms with E-state index in [1.54, 1.807) is 6.21 Å². The normalized spacial score (nSPS) is 12.2. The van der Waals surface area contributed by atoms with Gasteiger partial charge >= 0.3 is 0 Å². The molecule has 6 nitrogen and oxygen atoms in total. The summed E-state index contributed by atoms with van der Waals surface area (Å²) in [6.07, 6.45) is 7.62. The highest BCUT2D eigenvalue weighted by atomic mass is 32.2. The number of benzene rings is 1. The second-order valence-electron chi connectivity index (χ2n) is 5.39. The lowest BCUT2D eigenvalue weighted by Gasteiger charge is -2.04. The molecule has 0 atom stereocenters. The molecule has 0 radical (unpaired) electrons. The molecular formula is C18H20N5OS+. The van der Waals surface area contributed by atoms with Crippen molar-refractivity contribution in [2.45, 2.75) is 6.61 Å². The number of amidine groups is 1. The van der Waals surface area contributed by atoms with Crippen LogP contribution < -0.4 is 14.9 Å². The van der Waals surface area contributed by atoms with E-state index in [9.17, 15) is 0 Å². The Balaban J connectivity index is 1.64. The number of fused-ring (bicyclic) bond motifs is 1. The van der Waals surface area contributed by atoms with Crippen LogP contribution in [0.3, 0.4) is 0 Å². The Morgan fingerprint density at radius 2 is 2.08 bits per heavy atom. The Kier molecular flexibility index (Phi) is 5.35. The van der Waals surface area contributed by atoms with Gasteiger partial charge in [0.15, 0.2) is 17.5 Å². The third-order valence-electron chi connectivity index (χ3n) is 3.77. The number of nitrogens with two attached hydrogens (primary N) is 1. The average Bonchev–Trinajstić information content (AvgIpc) is 2.97. The maximum absolute atomic E-state index is 5.89. The number of nitrogens with zero attached hydrogens (tertiary/aromatic N) is 4. The maximum atomic E-state index is 5.89. The van der Waals surface area contributed by atoms with Gasteiger partial charge in [0, 0.05) is 6.07 Å². The summed E-state index contributed by atoms with van der Waals surface area (Å²) in [4.78, 5) is 0. The molecule has 2 N–H and O–H groups in total. The molecular weight excluding hydrogens is 334 g/mol. The quantitative estimate of drug-likeness (QED) is 0.331. The number of hydrogen-bond donors (Lipinski definition) is 1. The molecule has 0 fully saturated rings. The first-order valence-corrected chi connectivity index (χ1v) is 8.98. The van der Waals surface area contributed by atoms with E-state index in [2.05, 4.69) is 31.4 Å². The summed E-state index contributed by atoms with van der Waals surface area (Å²) in [5.74, 6) is 0.805. The van der Waals surface area contributed by atoms with Gasteiger partial charge in [-0.15, -0.1) is 5.10 Å². The summed E-state index contributed by atoms with van der Waals surface area (Å²) >= 11 is 1.36. The molecule has 128 valence electrons. The van der Waals surface area contributed by atoms with Crippen molar-refractivity contribution >= 4 is 28.8 Å². The zero-order valence-electron chi connectivity index (χ0n) is 14.2. The molecule has 2 heterocycles. The Hall–Kier alpha value is -2.80. The van der Waals surface area contributed by atoms with Crippen molar-refractivity contribution in [1.82, 2.24) is 4.57 Å². The number of imidazole rings is 1. The topological polar surface area (TPSA) is 69.0 Å². The lowest BCUT2D eigenvalue weighted by atomic mass is 10.2. The number of pyridine rings is 1. The van der Waals surface area contributed by atoms with Gasteiger partial charge in [-0.2, -0.15) is 5.10 Å². The fraction of sp³-hybridized carbons (Fsp3) is 0.167. The van der Waals surface area contributed by atoms with Crippen LogP contribution in [0.25, 0.3) is 5.65 Å². The van der Waals surface area contributed by atoms with E-state index in [1.807, 2.05) is 55.9 Å². The number of thioether (sulfide) groups is 1. The van der Waals surface area contributed by atoms with Crippen molar-refractivity contribution in [2.24, 2.45) is 23.0 Å². The fourth-order valence-electron chi connectivity index (χ4n) is 2.37. The molecule has 0 aliphatic rings. The molecule has 0 saturated carbocycles. The van der Waals surface area contributed by atoms with Crippen molar-refractivity contribution in [3.05, 3.63) is 66.1 Å². The summed E-state index contributed by atoms with van der Waals surface area (Å²) in [6.45, 7) is 0.500. The molecule has 0 aliphatic carbocycles. The number of hydrogen-bond acceptors (Lipinski definition) is 4. The van der Waals surface area contributed by atoms with Crippen molar-refractivity contribution in [2.75, 3.05) is 6.26 Å². The molecule has 0 amide bonds. The summed E-state index contributed by atoms with van der Waals surface area (Å²) < 4.78 is 10.1. The molecule has 2 aromatic heterocycles. The second kappa shape index (κ2) is 7.85. The van der Waals surface area contributed by atoms with Gasteiger partial charge in [-0.3, -0.25) is 0 Å². The Labute approximate surface area is 150 Å². The van der Waals surface area contributed by atoms with Crippen molar-refractivity contribution < 1.29 is 9.14 Å². The fourth-order valence-corrected chi connectivity index (χ4v) is 2.50. The highest BCUT2D eigenvalue weighted by Gasteiger charge is 2.13. The van der Waals surface area contributed by atoms with Crippen LogP contribution in [0.1, 0.15) is 11.3 Å². The highest BCUT2D eigenvalue weighted by Crippen LogP contribution is 2.14. The molecule has 3 rings (SSSR count). The van der Waals surface area contributed by atoms with Gasteiger partial charge in [-0.1, -0.05) is 17.8 Å². The first kappa shape index (κ1) is 17.0. The van der Waals surface area contributed by atoms with E-state index in [-0.39, 0.29) is 0 Å².